The first-order valence-corrected chi connectivity index (χ1v) is 7.34. The summed E-state index contributed by atoms with van der Waals surface area (Å²) in [6.07, 6.45) is 1.57. The molecule has 0 radical (unpaired) electrons. The van der Waals surface area contributed by atoms with Gasteiger partial charge in [-0.05, 0) is 31.7 Å². The molecule has 0 saturated heterocycles. The van der Waals surface area contributed by atoms with Gasteiger partial charge in [-0.1, -0.05) is 13.8 Å². The highest BCUT2D eigenvalue weighted by atomic mass is 32.2. The maximum atomic E-state index is 12.1. The first-order valence-electron chi connectivity index (χ1n) is 6.35. The molecule has 0 aliphatic heterocycles. The van der Waals surface area contributed by atoms with Crippen molar-refractivity contribution >= 4 is 11.8 Å². The standard InChI is InChI=1S/C12H20F3N3S/c1-4-10-9(8-16-3)11(5-2)18(17-10)6-7-19-12(13,14)15/h16H,4-8H2,1-3H3. The number of thioether (sulfide) groups is 1. The molecule has 1 aromatic rings. The highest BCUT2D eigenvalue weighted by molar-refractivity contribution is 8.00. The van der Waals surface area contributed by atoms with Crippen LogP contribution >= 0.6 is 11.8 Å². The van der Waals surface area contributed by atoms with Crippen molar-refractivity contribution in [3.05, 3.63) is 17.0 Å². The number of nitrogens with one attached hydrogen (secondary N) is 1. The zero-order valence-electron chi connectivity index (χ0n) is 11.5. The summed E-state index contributed by atoms with van der Waals surface area (Å²) in [7, 11) is 1.86. The lowest BCUT2D eigenvalue weighted by molar-refractivity contribution is -0.0328. The van der Waals surface area contributed by atoms with Crippen LogP contribution in [-0.4, -0.2) is 28.1 Å². The molecule has 1 heterocycles. The van der Waals surface area contributed by atoms with Crippen LogP contribution in [0, 0.1) is 0 Å². The maximum Gasteiger partial charge on any atom is 0.441 e. The molecule has 0 aliphatic rings. The summed E-state index contributed by atoms with van der Waals surface area (Å²) in [6, 6.07) is 0. The molecule has 0 atom stereocenters. The Morgan fingerprint density at radius 2 is 1.95 bits per heavy atom. The lowest BCUT2D eigenvalue weighted by Crippen LogP contribution is -2.12. The minimum Gasteiger partial charge on any atom is -0.316 e. The minimum atomic E-state index is -4.17. The Labute approximate surface area is 115 Å². The number of aryl methyl sites for hydroxylation is 2. The van der Waals surface area contributed by atoms with E-state index in [4.69, 9.17) is 0 Å². The van der Waals surface area contributed by atoms with E-state index < -0.39 is 5.51 Å². The Balaban J connectivity index is 2.82. The number of halogens is 3. The van der Waals surface area contributed by atoms with Crippen LogP contribution in [0.1, 0.15) is 30.8 Å². The second kappa shape index (κ2) is 7.19. The fourth-order valence-corrected chi connectivity index (χ4v) is 2.58. The lowest BCUT2D eigenvalue weighted by atomic mass is 10.1. The molecule has 0 fully saturated rings. The summed E-state index contributed by atoms with van der Waals surface area (Å²) in [6.45, 7) is 5.02. The zero-order valence-corrected chi connectivity index (χ0v) is 12.3. The normalized spacial score (nSPS) is 12.1. The third-order valence-corrected chi connectivity index (χ3v) is 3.56. The van der Waals surface area contributed by atoms with E-state index >= 15 is 0 Å². The Bertz CT molecular complexity index is 402. The first-order chi connectivity index (χ1) is 8.92. The average molecular weight is 295 g/mol. The van der Waals surface area contributed by atoms with Crippen molar-refractivity contribution in [2.45, 2.75) is 45.3 Å². The number of rotatable bonds is 7. The molecule has 110 valence electrons. The summed E-state index contributed by atoms with van der Waals surface area (Å²) in [5.74, 6) is 0.000325. The molecule has 0 aliphatic carbocycles. The Kier molecular flexibility index (Phi) is 6.19. The summed E-state index contributed by atoms with van der Waals surface area (Å²) in [5, 5.41) is 7.52. The Morgan fingerprint density at radius 1 is 1.26 bits per heavy atom. The van der Waals surface area contributed by atoms with Crippen LogP contribution in [0.3, 0.4) is 0 Å². The topological polar surface area (TPSA) is 29.9 Å². The monoisotopic (exact) mass is 295 g/mol. The highest BCUT2D eigenvalue weighted by Gasteiger charge is 2.27. The van der Waals surface area contributed by atoms with Crippen molar-refractivity contribution in [1.82, 2.24) is 15.1 Å². The molecule has 1 rings (SSSR count). The molecule has 0 saturated carbocycles. The molecular weight excluding hydrogens is 275 g/mol. The third-order valence-electron chi connectivity index (χ3n) is 2.84. The van der Waals surface area contributed by atoms with Crippen molar-refractivity contribution in [3.63, 3.8) is 0 Å². The van der Waals surface area contributed by atoms with E-state index in [1.165, 1.54) is 0 Å². The second-order valence-electron chi connectivity index (χ2n) is 4.13. The number of aromatic nitrogens is 2. The van der Waals surface area contributed by atoms with E-state index in [9.17, 15) is 13.2 Å². The predicted molar refractivity (Wildman–Crippen MR) is 72.3 cm³/mol. The molecule has 0 unspecified atom stereocenters. The molecule has 0 amide bonds. The van der Waals surface area contributed by atoms with Gasteiger partial charge >= 0.3 is 5.51 Å². The average Bonchev–Trinajstić information content (AvgIpc) is 2.65. The van der Waals surface area contributed by atoms with Crippen LogP contribution in [0.25, 0.3) is 0 Å². The van der Waals surface area contributed by atoms with Gasteiger partial charge in [-0.15, -0.1) is 0 Å². The van der Waals surface area contributed by atoms with Gasteiger partial charge in [0.25, 0.3) is 0 Å². The Hall–Kier alpha value is -0.690. The molecular formula is C12H20F3N3S. The SMILES string of the molecule is CCc1nn(CCSC(F)(F)F)c(CC)c1CNC. The fourth-order valence-electron chi connectivity index (χ4n) is 2.08. The van der Waals surface area contributed by atoms with Crippen LogP contribution in [-0.2, 0) is 25.9 Å². The quantitative estimate of drug-likeness (QED) is 0.838. The van der Waals surface area contributed by atoms with E-state index in [-0.39, 0.29) is 17.5 Å². The number of hydrogen-bond acceptors (Lipinski definition) is 3. The van der Waals surface area contributed by atoms with Gasteiger partial charge in [0.1, 0.15) is 0 Å². The molecule has 0 aromatic carbocycles. The highest BCUT2D eigenvalue weighted by Crippen LogP contribution is 2.30. The van der Waals surface area contributed by atoms with Crippen LogP contribution in [0.15, 0.2) is 0 Å². The molecule has 1 N–H and O–H groups in total. The van der Waals surface area contributed by atoms with Gasteiger partial charge in [-0.3, -0.25) is 4.68 Å². The van der Waals surface area contributed by atoms with E-state index in [1.807, 2.05) is 20.9 Å². The van der Waals surface area contributed by atoms with Crippen molar-refractivity contribution in [1.29, 1.82) is 0 Å². The van der Waals surface area contributed by atoms with Crippen molar-refractivity contribution < 1.29 is 13.2 Å². The van der Waals surface area contributed by atoms with Crippen molar-refractivity contribution in [2.24, 2.45) is 0 Å². The molecule has 0 bridgehead atoms. The fraction of sp³-hybridized carbons (Fsp3) is 0.750. The van der Waals surface area contributed by atoms with Gasteiger partial charge in [-0.25, -0.2) is 0 Å². The largest absolute Gasteiger partial charge is 0.441 e. The van der Waals surface area contributed by atoms with Crippen LogP contribution in [0.5, 0.6) is 0 Å². The van der Waals surface area contributed by atoms with Gasteiger partial charge in [-0.2, -0.15) is 18.3 Å². The minimum absolute atomic E-state index is 0.000325. The summed E-state index contributed by atoms with van der Waals surface area (Å²) in [5.41, 5.74) is -1.03. The van der Waals surface area contributed by atoms with Gasteiger partial charge in [0, 0.05) is 23.6 Å². The molecule has 1 aromatic heterocycles. The number of nitrogens with zero attached hydrogens (tertiary/aromatic N) is 2. The lowest BCUT2D eigenvalue weighted by Gasteiger charge is -2.09. The van der Waals surface area contributed by atoms with Gasteiger partial charge in [0.15, 0.2) is 0 Å². The van der Waals surface area contributed by atoms with E-state index in [0.29, 0.717) is 13.1 Å². The van der Waals surface area contributed by atoms with Crippen LogP contribution < -0.4 is 5.32 Å². The van der Waals surface area contributed by atoms with Crippen molar-refractivity contribution in [3.8, 4) is 0 Å². The van der Waals surface area contributed by atoms with Gasteiger partial charge < -0.3 is 5.32 Å². The number of hydrogen-bond donors (Lipinski definition) is 1. The molecule has 7 heteroatoms. The van der Waals surface area contributed by atoms with Crippen molar-refractivity contribution in [2.75, 3.05) is 12.8 Å². The molecule has 19 heavy (non-hydrogen) atoms. The molecule has 3 nitrogen and oxygen atoms in total. The van der Waals surface area contributed by atoms with E-state index in [1.54, 1.807) is 4.68 Å². The summed E-state index contributed by atoms with van der Waals surface area (Å²) < 4.78 is 38.1. The predicted octanol–water partition coefficient (Wildman–Crippen LogP) is 2.98. The summed E-state index contributed by atoms with van der Waals surface area (Å²) in [4.78, 5) is 0. The van der Waals surface area contributed by atoms with Gasteiger partial charge in [0.05, 0.1) is 12.2 Å². The molecule has 0 spiro atoms. The maximum absolute atomic E-state index is 12.1. The first kappa shape index (κ1) is 16.4. The van der Waals surface area contributed by atoms with E-state index in [2.05, 4.69) is 10.4 Å². The van der Waals surface area contributed by atoms with Crippen LogP contribution in [0.4, 0.5) is 13.2 Å². The number of alkyl halides is 3. The Morgan fingerprint density at radius 3 is 2.42 bits per heavy atom. The third kappa shape index (κ3) is 4.72. The second-order valence-corrected chi connectivity index (χ2v) is 5.29. The van der Waals surface area contributed by atoms with Crippen LogP contribution in [0.2, 0.25) is 0 Å². The van der Waals surface area contributed by atoms with E-state index in [0.717, 1.165) is 29.8 Å². The summed E-state index contributed by atoms with van der Waals surface area (Å²) >= 11 is 0.00721. The van der Waals surface area contributed by atoms with Gasteiger partial charge in [0.2, 0.25) is 0 Å². The zero-order chi connectivity index (χ0) is 14.5. The smallest absolute Gasteiger partial charge is 0.316 e.